The minimum absolute atomic E-state index is 0.117. The van der Waals surface area contributed by atoms with Gasteiger partial charge in [-0.3, -0.25) is 9.69 Å². The van der Waals surface area contributed by atoms with E-state index in [0.29, 0.717) is 35.1 Å². The number of hydrogen-bond donors (Lipinski definition) is 0. The van der Waals surface area contributed by atoms with Gasteiger partial charge in [-0.15, -0.1) is 5.10 Å². The van der Waals surface area contributed by atoms with Gasteiger partial charge in [0.1, 0.15) is 17.8 Å². The first-order chi connectivity index (χ1) is 14.5. The molecule has 0 radical (unpaired) electrons. The number of aromatic nitrogens is 5. The second-order valence-corrected chi connectivity index (χ2v) is 7.54. The number of piperazine rings is 1. The molecule has 3 heterocycles. The summed E-state index contributed by atoms with van der Waals surface area (Å²) in [6, 6.07) is 3.27. The van der Waals surface area contributed by atoms with Crippen molar-refractivity contribution < 1.29 is 14.1 Å². The molecule has 10 nitrogen and oxygen atoms in total. The molecule has 1 amide bonds. The molecule has 1 aromatic carbocycles. The van der Waals surface area contributed by atoms with Crippen LogP contribution in [0.4, 0.5) is 0 Å². The van der Waals surface area contributed by atoms with Gasteiger partial charge < -0.3 is 14.2 Å². The Morgan fingerprint density at radius 2 is 2.00 bits per heavy atom. The topological polar surface area (TPSA) is 102 Å². The van der Waals surface area contributed by atoms with Crippen LogP contribution in [0.25, 0.3) is 5.69 Å². The second kappa shape index (κ2) is 8.41. The fourth-order valence-electron chi connectivity index (χ4n) is 3.56. The van der Waals surface area contributed by atoms with E-state index in [1.807, 2.05) is 18.7 Å². The molecule has 1 fully saturated rings. The molecule has 0 bridgehead atoms. The van der Waals surface area contributed by atoms with E-state index in [-0.39, 0.29) is 5.91 Å². The molecule has 11 heteroatoms. The van der Waals surface area contributed by atoms with Crippen LogP contribution < -0.4 is 4.74 Å². The average Bonchev–Trinajstić information content (AvgIpc) is 3.39. The summed E-state index contributed by atoms with van der Waals surface area (Å²) in [5.74, 6) is 1.15. The van der Waals surface area contributed by atoms with Gasteiger partial charge in [-0.1, -0.05) is 16.8 Å². The van der Waals surface area contributed by atoms with E-state index >= 15 is 0 Å². The summed E-state index contributed by atoms with van der Waals surface area (Å²) in [7, 11) is 1.52. The molecular weight excluding hydrogens is 410 g/mol. The predicted octanol–water partition coefficient (Wildman–Crippen LogP) is 1.89. The van der Waals surface area contributed by atoms with Crippen molar-refractivity contribution in [3.63, 3.8) is 0 Å². The molecule has 0 saturated carbocycles. The predicted molar refractivity (Wildman–Crippen MR) is 108 cm³/mol. The Hall–Kier alpha value is -2.98. The largest absolute Gasteiger partial charge is 0.496 e. The van der Waals surface area contributed by atoms with E-state index in [1.54, 1.807) is 12.1 Å². The Bertz CT molecular complexity index is 1020. The monoisotopic (exact) mass is 431 g/mol. The molecule has 3 aromatic rings. The van der Waals surface area contributed by atoms with Gasteiger partial charge in [0.25, 0.3) is 5.91 Å². The Kier molecular flexibility index (Phi) is 5.69. The van der Waals surface area contributed by atoms with Crippen molar-refractivity contribution in [2.45, 2.75) is 20.4 Å². The number of methoxy groups -OCH3 is 1. The molecule has 0 aliphatic carbocycles. The lowest BCUT2D eigenvalue weighted by Gasteiger charge is -2.35. The van der Waals surface area contributed by atoms with E-state index in [9.17, 15) is 4.79 Å². The van der Waals surface area contributed by atoms with Crippen molar-refractivity contribution in [1.29, 1.82) is 0 Å². The fourth-order valence-corrected chi connectivity index (χ4v) is 3.81. The number of nitrogens with zero attached hydrogens (tertiary/aromatic N) is 7. The fraction of sp³-hybridized carbons (Fsp3) is 0.421. The van der Waals surface area contributed by atoms with E-state index in [1.165, 1.54) is 18.1 Å². The summed E-state index contributed by atoms with van der Waals surface area (Å²) in [5, 5.41) is 15.4. The number of benzene rings is 1. The Balaban J connectivity index is 1.47. The van der Waals surface area contributed by atoms with Crippen LogP contribution in [0.3, 0.4) is 0 Å². The number of amides is 1. The van der Waals surface area contributed by atoms with Crippen LogP contribution in [0.2, 0.25) is 5.02 Å². The van der Waals surface area contributed by atoms with Crippen LogP contribution in [-0.2, 0) is 6.54 Å². The molecule has 158 valence electrons. The highest BCUT2D eigenvalue weighted by Gasteiger charge is 2.26. The van der Waals surface area contributed by atoms with Gasteiger partial charge in [-0.25, -0.2) is 0 Å². The number of hydrogen-bond acceptors (Lipinski definition) is 8. The molecule has 0 spiro atoms. The van der Waals surface area contributed by atoms with Gasteiger partial charge >= 0.3 is 0 Å². The lowest BCUT2D eigenvalue weighted by Crippen LogP contribution is -2.48. The number of carbonyl (C=O) groups is 1. The first kappa shape index (κ1) is 20.3. The van der Waals surface area contributed by atoms with Crippen molar-refractivity contribution in [1.82, 2.24) is 35.2 Å². The molecule has 4 rings (SSSR count). The number of ether oxygens (including phenoxy) is 1. The summed E-state index contributed by atoms with van der Waals surface area (Å²) < 4.78 is 12.1. The SMILES string of the molecule is COc1cc(-n2cnnn2)c(Cl)cc1C(=O)N1CCN(Cc2c(C)noc2C)CC1. The van der Waals surface area contributed by atoms with E-state index < -0.39 is 0 Å². The van der Waals surface area contributed by atoms with E-state index in [2.05, 4.69) is 25.6 Å². The third-order valence-electron chi connectivity index (χ3n) is 5.32. The maximum atomic E-state index is 13.2. The molecule has 0 atom stereocenters. The lowest BCUT2D eigenvalue weighted by molar-refractivity contribution is 0.0624. The van der Waals surface area contributed by atoms with Crippen LogP contribution >= 0.6 is 11.6 Å². The number of halogens is 1. The van der Waals surface area contributed by atoms with Crippen LogP contribution in [-0.4, -0.2) is 74.4 Å². The van der Waals surface area contributed by atoms with Crippen LogP contribution in [0, 0.1) is 13.8 Å². The molecule has 1 aliphatic heterocycles. The summed E-state index contributed by atoms with van der Waals surface area (Å²) in [4.78, 5) is 17.3. The van der Waals surface area contributed by atoms with Crippen molar-refractivity contribution in [2.75, 3.05) is 33.3 Å². The molecule has 30 heavy (non-hydrogen) atoms. The summed E-state index contributed by atoms with van der Waals surface area (Å²) in [5.41, 5.74) is 2.98. The number of tetrazole rings is 1. The quantitative estimate of drug-likeness (QED) is 0.603. The minimum Gasteiger partial charge on any atom is -0.496 e. The lowest BCUT2D eigenvalue weighted by atomic mass is 10.1. The van der Waals surface area contributed by atoms with Crippen molar-refractivity contribution in [2.24, 2.45) is 0 Å². The maximum Gasteiger partial charge on any atom is 0.257 e. The first-order valence-corrected chi connectivity index (χ1v) is 9.90. The van der Waals surface area contributed by atoms with Gasteiger partial charge in [0, 0.05) is 44.4 Å². The zero-order chi connectivity index (χ0) is 21.3. The Morgan fingerprint density at radius 1 is 1.23 bits per heavy atom. The summed E-state index contributed by atoms with van der Waals surface area (Å²) in [6.07, 6.45) is 1.43. The highest BCUT2D eigenvalue weighted by Crippen LogP contribution is 2.30. The molecule has 1 aliphatic rings. The van der Waals surface area contributed by atoms with E-state index in [0.717, 1.165) is 36.7 Å². The highest BCUT2D eigenvalue weighted by molar-refractivity contribution is 6.33. The maximum absolute atomic E-state index is 13.2. The van der Waals surface area contributed by atoms with Crippen LogP contribution in [0.1, 0.15) is 27.4 Å². The molecular formula is C19H22ClN7O3. The summed E-state index contributed by atoms with van der Waals surface area (Å²) in [6.45, 7) is 7.36. The first-order valence-electron chi connectivity index (χ1n) is 9.52. The Labute approximate surface area is 178 Å². The highest BCUT2D eigenvalue weighted by atomic mass is 35.5. The smallest absolute Gasteiger partial charge is 0.257 e. The second-order valence-electron chi connectivity index (χ2n) is 7.13. The number of rotatable bonds is 5. The minimum atomic E-state index is -0.117. The Morgan fingerprint density at radius 3 is 2.60 bits per heavy atom. The van der Waals surface area contributed by atoms with Crippen molar-refractivity contribution in [3.8, 4) is 11.4 Å². The molecule has 0 N–H and O–H groups in total. The number of carbonyl (C=O) groups excluding carboxylic acids is 1. The normalized spacial score (nSPS) is 14.9. The van der Waals surface area contributed by atoms with Crippen molar-refractivity contribution in [3.05, 3.63) is 46.1 Å². The van der Waals surface area contributed by atoms with E-state index in [4.69, 9.17) is 20.9 Å². The van der Waals surface area contributed by atoms with Gasteiger partial charge in [-0.05, 0) is 30.3 Å². The standard InChI is InChI=1S/C19H22ClN7O3/c1-12-15(13(2)30-22-12)10-25-4-6-26(7-5-25)19(28)14-8-16(20)17(9-18(14)29-3)27-11-21-23-24-27/h8-9,11H,4-7,10H2,1-3H3. The molecule has 0 unspecified atom stereocenters. The molecule has 2 aromatic heterocycles. The number of aryl methyl sites for hydroxylation is 2. The van der Waals surface area contributed by atoms with Gasteiger partial charge in [-0.2, -0.15) is 4.68 Å². The third-order valence-corrected chi connectivity index (χ3v) is 5.62. The van der Waals surface area contributed by atoms with Gasteiger partial charge in [0.15, 0.2) is 0 Å². The zero-order valence-electron chi connectivity index (χ0n) is 17.0. The zero-order valence-corrected chi connectivity index (χ0v) is 17.8. The molecule has 1 saturated heterocycles. The summed E-state index contributed by atoms with van der Waals surface area (Å²) >= 11 is 6.40. The van der Waals surface area contributed by atoms with Crippen molar-refractivity contribution >= 4 is 17.5 Å². The van der Waals surface area contributed by atoms with Crippen LogP contribution in [0.5, 0.6) is 5.75 Å². The van der Waals surface area contributed by atoms with Gasteiger partial charge in [0.2, 0.25) is 0 Å². The van der Waals surface area contributed by atoms with Gasteiger partial charge in [0.05, 0.1) is 29.1 Å². The third kappa shape index (κ3) is 3.88. The average molecular weight is 432 g/mol. The van der Waals surface area contributed by atoms with Crippen LogP contribution in [0.15, 0.2) is 23.0 Å².